The highest BCUT2D eigenvalue weighted by atomic mass is 15.3. The summed E-state index contributed by atoms with van der Waals surface area (Å²) in [4.78, 5) is 0. The third-order valence-electron chi connectivity index (χ3n) is 2.45. The number of aryl methyl sites for hydroxylation is 2. The van der Waals surface area contributed by atoms with Crippen LogP contribution in [-0.2, 0) is 13.5 Å². The van der Waals surface area contributed by atoms with E-state index >= 15 is 0 Å². The van der Waals surface area contributed by atoms with Crippen molar-refractivity contribution in [1.82, 2.24) is 9.78 Å². The summed E-state index contributed by atoms with van der Waals surface area (Å²) in [5, 5.41) is 5.74. The zero-order chi connectivity index (χ0) is 9.97. The Morgan fingerprint density at radius 3 is 2.93 bits per heavy atom. The number of para-hydroxylation sites is 1. The molecule has 0 aliphatic carbocycles. The van der Waals surface area contributed by atoms with Crippen molar-refractivity contribution in [1.29, 1.82) is 0 Å². The molecule has 0 fully saturated rings. The highest BCUT2D eigenvalue weighted by Crippen LogP contribution is 2.18. The Hall–Kier alpha value is -1.35. The fourth-order valence-corrected chi connectivity index (χ4v) is 1.74. The van der Waals surface area contributed by atoms with Crippen molar-refractivity contribution in [3.05, 3.63) is 30.0 Å². The highest BCUT2D eigenvalue weighted by molar-refractivity contribution is 5.81. The molecule has 0 saturated heterocycles. The molecule has 1 aromatic carbocycles. The molecule has 2 aromatic rings. The summed E-state index contributed by atoms with van der Waals surface area (Å²) >= 11 is 0. The Labute approximate surface area is 83.5 Å². The topological polar surface area (TPSA) is 43.8 Å². The average molecular weight is 189 g/mol. The predicted octanol–water partition coefficient (Wildman–Crippen LogP) is 1.46. The monoisotopic (exact) mass is 189 g/mol. The van der Waals surface area contributed by atoms with Gasteiger partial charge in [-0.2, -0.15) is 5.10 Å². The van der Waals surface area contributed by atoms with Gasteiger partial charge < -0.3 is 5.73 Å². The van der Waals surface area contributed by atoms with Crippen LogP contribution in [-0.4, -0.2) is 16.3 Å². The first-order chi connectivity index (χ1) is 6.83. The second-order valence-corrected chi connectivity index (χ2v) is 3.48. The molecule has 0 radical (unpaired) electrons. The summed E-state index contributed by atoms with van der Waals surface area (Å²) in [5.41, 5.74) is 7.85. The lowest BCUT2D eigenvalue weighted by Gasteiger charge is -1.93. The molecular weight excluding hydrogens is 174 g/mol. The van der Waals surface area contributed by atoms with Gasteiger partial charge in [-0.15, -0.1) is 0 Å². The van der Waals surface area contributed by atoms with E-state index < -0.39 is 0 Å². The van der Waals surface area contributed by atoms with Crippen molar-refractivity contribution in [2.24, 2.45) is 12.8 Å². The van der Waals surface area contributed by atoms with Crippen molar-refractivity contribution in [3.63, 3.8) is 0 Å². The van der Waals surface area contributed by atoms with Gasteiger partial charge in [0.15, 0.2) is 0 Å². The maximum atomic E-state index is 5.49. The van der Waals surface area contributed by atoms with E-state index in [4.69, 9.17) is 5.73 Å². The number of hydrogen-bond acceptors (Lipinski definition) is 2. The van der Waals surface area contributed by atoms with E-state index in [0.29, 0.717) is 0 Å². The molecule has 0 bridgehead atoms. The maximum absolute atomic E-state index is 5.49. The van der Waals surface area contributed by atoms with Crippen molar-refractivity contribution >= 4 is 10.9 Å². The number of aromatic nitrogens is 2. The minimum absolute atomic E-state index is 0.727. The highest BCUT2D eigenvalue weighted by Gasteiger charge is 2.06. The van der Waals surface area contributed by atoms with Crippen molar-refractivity contribution in [2.45, 2.75) is 12.8 Å². The van der Waals surface area contributed by atoms with Crippen LogP contribution in [0.2, 0.25) is 0 Å². The largest absolute Gasteiger partial charge is 0.330 e. The van der Waals surface area contributed by atoms with E-state index in [2.05, 4.69) is 23.3 Å². The molecule has 1 aromatic heterocycles. The predicted molar refractivity (Wildman–Crippen MR) is 58.1 cm³/mol. The van der Waals surface area contributed by atoms with E-state index in [9.17, 15) is 0 Å². The first-order valence-electron chi connectivity index (χ1n) is 4.93. The third kappa shape index (κ3) is 1.51. The molecule has 0 spiro atoms. The summed E-state index contributed by atoms with van der Waals surface area (Å²) in [6, 6.07) is 8.30. The normalized spacial score (nSPS) is 11.0. The summed E-state index contributed by atoms with van der Waals surface area (Å²) in [6.45, 7) is 0.727. The number of rotatable bonds is 3. The van der Waals surface area contributed by atoms with Crippen molar-refractivity contribution in [3.8, 4) is 0 Å². The van der Waals surface area contributed by atoms with Crippen LogP contribution in [0.3, 0.4) is 0 Å². The van der Waals surface area contributed by atoms with Crippen molar-refractivity contribution in [2.75, 3.05) is 6.54 Å². The molecule has 14 heavy (non-hydrogen) atoms. The van der Waals surface area contributed by atoms with Gasteiger partial charge in [-0.3, -0.25) is 4.68 Å². The van der Waals surface area contributed by atoms with Gasteiger partial charge in [0.05, 0.1) is 11.2 Å². The first-order valence-corrected chi connectivity index (χ1v) is 4.93. The van der Waals surface area contributed by atoms with Crippen LogP contribution < -0.4 is 5.73 Å². The van der Waals surface area contributed by atoms with Crippen LogP contribution in [0.5, 0.6) is 0 Å². The SMILES string of the molecule is Cn1nc(CCCN)c2ccccc21. The van der Waals surface area contributed by atoms with Gasteiger partial charge in [0, 0.05) is 12.4 Å². The molecule has 0 aliphatic rings. The lowest BCUT2D eigenvalue weighted by atomic mass is 10.1. The number of nitrogens with zero attached hydrogens (tertiary/aromatic N) is 2. The Morgan fingerprint density at radius 2 is 2.14 bits per heavy atom. The second-order valence-electron chi connectivity index (χ2n) is 3.48. The van der Waals surface area contributed by atoms with E-state index in [-0.39, 0.29) is 0 Å². The van der Waals surface area contributed by atoms with E-state index in [1.54, 1.807) is 0 Å². The van der Waals surface area contributed by atoms with Crippen LogP contribution in [0.25, 0.3) is 10.9 Å². The van der Waals surface area contributed by atoms with Crippen LogP contribution in [0.1, 0.15) is 12.1 Å². The van der Waals surface area contributed by atoms with Gasteiger partial charge >= 0.3 is 0 Å². The standard InChI is InChI=1S/C11H15N3/c1-14-11-7-3-2-5-9(11)10(13-14)6-4-8-12/h2-3,5,7H,4,6,8,12H2,1H3. The number of nitrogens with two attached hydrogens (primary N) is 1. The smallest absolute Gasteiger partial charge is 0.0703 e. The van der Waals surface area contributed by atoms with Crippen LogP contribution in [0.15, 0.2) is 24.3 Å². The fraction of sp³-hybridized carbons (Fsp3) is 0.364. The maximum Gasteiger partial charge on any atom is 0.0703 e. The summed E-state index contributed by atoms with van der Waals surface area (Å²) in [6.07, 6.45) is 1.97. The van der Waals surface area contributed by atoms with E-state index in [0.717, 1.165) is 25.1 Å². The molecular formula is C11H15N3. The van der Waals surface area contributed by atoms with Gasteiger partial charge in [0.1, 0.15) is 0 Å². The summed E-state index contributed by atoms with van der Waals surface area (Å²) in [5.74, 6) is 0. The lowest BCUT2D eigenvalue weighted by Crippen LogP contribution is -2.01. The minimum Gasteiger partial charge on any atom is -0.330 e. The van der Waals surface area contributed by atoms with Gasteiger partial charge in [0.25, 0.3) is 0 Å². The molecule has 0 atom stereocenters. The second kappa shape index (κ2) is 3.80. The molecule has 74 valence electrons. The Kier molecular flexibility index (Phi) is 2.50. The van der Waals surface area contributed by atoms with Gasteiger partial charge in [-0.25, -0.2) is 0 Å². The Bertz CT molecular complexity index is 431. The minimum atomic E-state index is 0.727. The Balaban J connectivity index is 2.44. The molecule has 1 heterocycles. The van der Waals surface area contributed by atoms with Crippen LogP contribution in [0.4, 0.5) is 0 Å². The lowest BCUT2D eigenvalue weighted by molar-refractivity contribution is 0.739. The molecule has 0 unspecified atom stereocenters. The number of hydrogen-bond donors (Lipinski definition) is 1. The van der Waals surface area contributed by atoms with Crippen molar-refractivity contribution < 1.29 is 0 Å². The number of benzene rings is 1. The molecule has 3 nitrogen and oxygen atoms in total. The van der Waals surface area contributed by atoms with Crippen LogP contribution in [0, 0.1) is 0 Å². The van der Waals surface area contributed by atoms with E-state index in [1.807, 2.05) is 17.8 Å². The first kappa shape index (κ1) is 9.21. The molecule has 3 heteroatoms. The average Bonchev–Trinajstić information content (AvgIpc) is 2.54. The Morgan fingerprint density at radius 1 is 1.36 bits per heavy atom. The quantitative estimate of drug-likeness (QED) is 0.794. The summed E-state index contributed by atoms with van der Waals surface area (Å²) < 4.78 is 1.93. The van der Waals surface area contributed by atoms with E-state index in [1.165, 1.54) is 10.9 Å². The molecule has 2 N–H and O–H groups in total. The number of fused-ring (bicyclic) bond motifs is 1. The van der Waals surface area contributed by atoms with Crippen LogP contribution >= 0.6 is 0 Å². The molecule has 2 rings (SSSR count). The molecule has 0 saturated carbocycles. The summed E-state index contributed by atoms with van der Waals surface area (Å²) in [7, 11) is 1.98. The van der Waals surface area contributed by atoms with Gasteiger partial charge in [-0.05, 0) is 25.5 Å². The molecule has 0 aliphatic heterocycles. The van der Waals surface area contributed by atoms with Gasteiger partial charge in [0.2, 0.25) is 0 Å². The molecule has 0 amide bonds. The fourth-order valence-electron chi connectivity index (χ4n) is 1.74. The zero-order valence-electron chi connectivity index (χ0n) is 8.40. The third-order valence-corrected chi connectivity index (χ3v) is 2.45. The zero-order valence-corrected chi connectivity index (χ0v) is 8.40. The van der Waals surface area contributed by atoms with Gasteiger partial charge in [-0.1, -0.05) is 18.2 Å².